The minimum Gasteiger partial charge on any atom is -0.481 e. The minimum atomic E-state index is -0.811. The van der Waals surface area contributed by atoms with Crippen molar-refractivity contribution in [2.45, 2.75) is 44.9 Å². The highest BCUT2D eigenvalue weighted by Gasteiger charge is 2.28. The first kappa shape index (κ1) is 14.7. The van der Waals surface area contributed by atoms with Gasteiger partial charge in [-0.2, -0.15) is 0 Å². The van der Waals surface area contributed by atoms with Gasteiger partial charge in [-0.1, -0.05) is 45.0 Å². The fourth-order valence-corrected chi connectivity index (χ4v) is 2.08. The third-order valence-electron chi connectivity index (χ3n) is 3.78. The molecule has 1 rings (SSSR count). The molecule has 0 heterocycles. The quantitative estimate of drug-likeness (QED) is 0.814. The Morgan fingerprint density at radius 2 is 1.94 bits per heavy atom. The number of rotatable bonds is 6. The van der Waals surface area contributed by atoms with Gasteiger partial charge in [0.2, 0.25) is 0 Å². The second kappa shape index (κ2) is 6.01. The van der Waals surface area contributed by atoms with E-state index in [-0.39, 0.29) is 6.42 Å². The fourth-order valence-electron chi connectivity index (χ4n) is 2.08. The summed E-state index contributed by atoms with van der Waals surface area (Å²) >= 11 is 0. The average Bonchev–Trinajstić information content (AvgIpc) is 2.37. The van der Waals surface area contributed by atoms with Gasteiger partial charge in [-0.3, -0.25) is 4.79 Å². The van der Waals surface area contributed by atoms with Crippen LogP contribution in [0.15, 0.2) is 24.3 Å². The van der Waals surface area contributed by atoms with Crippen molar-refractivity contribution in [3.8, 4) is 0 Å². The van der Waals surface area contributed by atoms with Gasteiger partial charge < -0.3 is 10.8 Å². The van der Waals surface area contributed by atoms with Crippen LogP contribution < -0.4 is 5.73 Å². The zero-order valence-corrected chi connectivity index (χ0v) is 11.4. The summed E-state index contributed by atoms with van der Waals surface area (Å²) in [6.45, 7) is 6.59. The third kappa shape index (κ3) is 3.33. The number of nitrogens with two attached hydrogens (primary N) is 1. The molecule has 0 radical (unpaired) electrons. The molecule has 2 atom stereocenters. The molecule has 3 heteroatoms. The Morgan fingerprint density at radius 1 is 1.39 bits per heavy atom. The highest BCUT2D eigenvalue weighted by atomic mass is 16.4. The summed E-state index contributed by atoms with van der Waals surface area (Å²) in [5, 5.41) is 8.97. The van der Waals surface area contributed by atoms with Crippen molar-refractivity contribution in [2.75, 3.05) is 6.54 Å². The first-order chi connectivity index (χ1) is 8.42. The molecule has 0 amide bonds. The molecular weight excluding hydrogens is 226 g/mol. The van der Waals surface area contributed by atoms with E-state index in [2.05, 4.69) is 26.0 Å². The number of aliphatic carboxylic acids is 1. The Morgan fingerprint density at radius 3 is 2.33 bits per heavy atom. The summed E-state index contributed by atoms with van der Waals surface area (Å²) in [6, 6.07) is 8.19. The molecule has 3 N–H and O–H groups in total. The van der Waals surface area contributed by atoms with Crippen molar-refractivity contribution < 1.29 is 9.90 Å². The lowest BCUT2D eigenvalue weighted by molar-refractivity contribution is -0.138. The number of carboxylic acids is 1. The first-order valence-corrected chi connectivity index (χ1v) is 6.45. The maximum absolute atomic E-state index is 10.9. The monoisotopic (exact) mass is 249 g/mol. The highest BCUT2D eigenvalue weighted by Crippen LogP contribution is 2.28. The topological polar surface area (TPSA) is 63.3 Å². The summed E-state index contributed by atoms with van der Waals surface area (Å²) in [5.41, 5.74) is 7.55. The molecule has 18 heavy (non-hydrogen) atoms. The molecule has 0 aliphatic carbocycles. The molecule has 0 saturated heterocycles. The van der Waals surface area contributed by atoms with Crippen molar-refractivity contribution in [3.63, 3.8) is 0 Å². The molecule has 0 fully saturated rings. The summed E-state index contributed by atoms with van der Waals surface area (Å²) < 4.78 is 0. The molecular formula is C15H23NO2. The molecule has 0 aliphatic heterocycles. The first-order valence-electron chi connectivity index (χ1n) is 6.45. The summed E-state index contributed by atoms with van der Waals surface area (Å²) in [5.74, 6) is -0.281. The number of hydrogen-bond acceptors (Lipinski definition) is 2. The lowest BCUT2D eigenvalue weighted by atomic mass is 9.79. The van der Waals surface area contributed by atoms with Gasteiger partial charge in [-0.25, -0.2) is 0 Å². The zero-order chi connectivity index (χ0) is 13.8. The van der Waals surface area contributed by atoms with Crippen molar-refractivity contribution in [1.82, 2.24) is 0 Å². The van der Waals surface area contributed by atoms with Crippen LogP contribution in [0.25, 0.3) is 0 Å². The number of benzene rings is 1. The predicted molar refractivity (Wildman–Crippen MR) is 73.8 cm³/mol. The van der Waals surface area contributed by atoms with E-state index in [1.807, 2.05) is 19.1 Å². The Hall–Kier alpha value is -1.35. The van der Waals surface area contributed by atoms with Gasteiger partial charge in [0.05, 0.1) is 6.42 Å². The third-order valence-corrected chi connectivity index (χ3v) is 3.78. The van der Waals surface area contributed by atoms with Crippen LogP contribution in [-0.2, 0) is 10.2 Å². The minimum absolute atomic E-state index is 0.0617. The van der Waals surface area contributed by atoms with Gasteiger partial charge in [0.1, 0.15) is 0 Å². The van der Waals surface area contributed by atoms with Gasteiger partial charge in [-0.15, -0.1) is 0 Å². The molecule has 0 aromatic heterocycles. The normalized spacial score (nSPS) is 16.0. The molecule has 0 aliphatic rings. The number of carbonyl (C=O) groups is 1. The van der Waals surface area contributed by atoms with Gasteiger partial charge in [0.25, 0.3) is 0 Å². The van der Waals surface area contributed by atoms with E-state index in [0.29, 0.717) is 12.5 Å². The molecule has 1 aromatic carbocycles. The average molecular weight is 249 g/mol. The number of carboxylic acid groups (broad SMARTS) is 1. The van der Waals surface area contributed by atoms with E-state index in [9.17, 15) is 4.79 Å². The van der Waals surface area contributed by atoms with Crippen molar-refractivity contribution in [3.05, 3.63) is 35.4 Å². The zero-order valence-electron chi connectivity index (χ0n) is 11.4. The van der Waals surface area contributed by atoms with Crippen LogP contribution in [0.5, 0.6) is 0 Å². The summed E-state index contributed by atoms with van der Waals surface area (Å²) in [7, 11) is 0. The molecule has 100 valence electrons. The lowest BCUT2D eigenvalue weighted by Gasteiger charge is -2.27. The van der Waals surface area contributed by atoms with Crippen molar-refractivity contribution in [2.24, 2.45) is 5.73 Å². The largest absolute Gasteiger partial charge is 0.481 e. The molecule has 0 spiro atoms. The van der Waals surface area contributed by atoms with Crippen molar-refractivity contribution in [1.29, 1.82) is 0 Å². The van der Waals surface area contributed by atoms with Crippen LogP contribution in [0, 0.1) is 0 Å². The molecule has 2 unspecified atom stereocenters. The second-order valence-corrected chi connectivity index (χ2v) is 5.27. The van der Waals surface area contributed by atoms with E-state index in [1.54, 1.807) is 0 Å². The Bertz CT molecular complexity index is 399. The van der Waals surface area contributed by atoms with Gasteiger partial charge >= 0.3 is 5.97 Å². The smallest absolute Gasteiger partial charge is 0.304 e. The second-order valence-electron chi connectivity index (χ2n) is 5.27. The van der Waals surface area contributed by atoms with Gasteiger partial charge in [-0.05, 0) is 23.5 Å². The van der Waals surface area contributed by atoms with Crippen LogP contribution in [0.1, 0.15) is 50.7 Å². The van der Waals surface area contributed by atoms with Crippen LogP contribution in [-0.4, -0.2) is 17.6 Å². The molecule has 0 saturated carbocycles. The molecule has 0 bridgehead atoms. The van der Waals surface area contributed by atoms with E-state index < -0.39 is 11.4 Å². The van der Waals surface area contributed by atoms with Crippen LogP contribution in [0.3, 0.4) is 0 Å². The SMILES string of the molecule is CCC(C)c1ccc(C(C)(CN)CC(=O)O)cc1. The van der Waals surface area contributed by atoms with Gasteiger partial charge in [0.15, 0.2) is 0 Å². The predicted octanol–water partition coefficient (Wildman–Crippen LogP) is 2.89. The summed E-state index contributed by atoms with van der Waals surface area (Å²) in [6.07, 6.45) is 1.16. The van der Waals surface area contributed by atoms with E-state index in [1.165, 1.54) is 5.56 Å². The lowest BCUT2D eigenvalue weighted by Crippen LogP contribution is -2.34. The van der Waals surface area contributed by atoms with Crippen LogP contribution in [0.4, 0.5) is 0 Å². The van der Waals surface area contributed by atoms with Crippen LogP contribution >= 0.6 is 0 Å². The van der Waals surface area contributed by atoms with Crippen LogP contribution in [0.2, 0.25) is 0 Å². The van der Waals surface area contributed by atoms with Crippen molar-refractivity contribution >= 4 is 5.97 Å². The maximum Gasteiger partial charge on any atom is 0.304 e. The Balaban J connectivity index is 2.98. The Labute approximate surface area is 109 Å². The Kier molecular flexibility index (Phi) is 4.91. The molecule has 1 aromatic rings. The number of hydrogen-bond donors (Lipinski definition) is 2. The highest BCUT2D eigenvalue weighted by molar-refractivity contribution is 5.69. The van der Waals surface area contributed by atoms with E-state index >= 15 is 0 Å². The van der Waals surface area contributed by atoms with E-state index in [4.69, 9.17) is 10.8 Å². The van der Waals surface area contributed by atoms with E-state index in [0.717, 1.165) is 12.0 Å². The summed E-state index contributed by atoms with van der Waals surface area (Å²) in [4.78, 5) is 10.9. The maximum atomic E-state index is 10.9. The standard InChI is InChI=1S/C15H23NO2/c1-4-11(2)12-5-7-13(8-6-12)15(3,10-16)9-14(17)18/h5-8,11H,4,9-10,16H2,1-3H3,(H,17,18). The van der Waals surface area contributed by atoms with Gasteiger partial charge in [0, 0.05) is 12.0 Å². The molecule has 3 nitrogen and oxygen atoms in total. The fraction of sp³-hybridized carbons (Fsp3) is 0.533.